The number of hydrogen-bond acceptors (Lipinski definition) is 0. The minimum atomic E-state index is 1.08. The fourth-order valence-corrected chi connectivity index (χ4v) is 2.02. The fourth-order valence-electron chi connectivity index (χ4n) is 2.02. The molecule has 15 heavy (non-hydrogen) atoms. The maximum atomic E-state index is 3.79. The highest BCUT2D eigenvalue weighted by molar-refractivity contribution is 5.40. The van der Waals surface area contributed by atoms with Gasteiger partial charge in [-0.1, -0.05) is 31.6 Å². The van der Waals surface area contributed by atoms with E-state index in [2.05, 4.69) is 39.5 Å². The topological polar surface area (TPSA) is 0 Å². The average molecular weight is 202 g/mol. The maximum Gasteiger partial charge on any atom is -0.0241 e. The van der Waals surface area contributed by atoms with E-state index < -0.39 is 0 Å². The Bertz CT molecular complexity index is 334. The van der Waals surface area contributed by atoms with Crippen LogP contribution in [0.3, 0.4) is 0 Å². The predicted octanol–water partition coefficient (Wildman–Crippen LogP) is 4.37. The molecule has 0 nitrogen and oxygen atoms in total. The second-order valence-corrected chi connectivity index (χ2v) is 4.22. The highest BCUT2D eigenvalue weighted by Crippen LogP contribution is 2.21. The molecule has 1 aromatic rings. The molecule has 0 aliphatic carbocycles. The van der Waals surface area contributed by atoms with Crippen molar-refractivity contribution in [2.75, 3.05) is 0 Å². The van der Waals surface area contributed by atoms with Gasteiger partial charge in [0.2, 0.25) is 0 Å². The SMILES string of the molecule is C=CCCc1ccc(C)c(C)c1CCC. The summed E-state index contributed by atoms with van der Waals surface area (Å²) in [6.45, 7) is 10.5. The number of hydrogen-bond donors (Lipinski definition) is 0. The van der Waals surface area contributed by atoms with Crippen molar-refractivity contribution in [1.82, 2.24) is 0 Å². The van der Waals surface area contributed by atoms with E-state index >= 15 is 0 Å². The lowest BCUT2D eigenvalue weighted by atomic mass is 9.92. The molecule has 0 radical (unpaired) electrons. The highest BCUT2D eigenvalue weighted by Gasteiger charge is 2.06. The average Bonchev–Trinajstić information content (AvgIpc) is 2.24. The van der Waals surface area contributed by atoms with Gasteiger partial charge in [-0.2, -0.15) is 0 Å². The monoisotopic (exact) mass is 202 g/mol. The van der Waals surface area contributed by atoms with Crippen LogP contribution in [0.2, 0.25) is 0 Å². The van der Waals surface area contributed by atoms with E-state index in [0.717, 1.165) is 12.8 Å². The zero-order valence-corrected chi connectivity index (χ0v) is 10.3. The Morgan fingerprint density at radius 2 is 1.93 bits per heavy atom. The fraction of sp³-hybridized carbons (Fsp3) is 0.467. The summed E-state index contributed by atoms with van der Waals surface area (Å²) in [5, 5.41) is 0. The summed E-state index contributed by atoms with van der Waals surface area (Å²) >= 11 is 0. The standard InChI is InChI=1S/C15H22/c1-5-7-9-14-11-10-12(3)13(4)15(14)8-6-2/h5,10-11H,1,6-9H2,2-4H3. The van der Waals surface area contributed by atoms with E-state index in [0.29, 0.717) is 0 Å². The van der Waals surface area contributed by atoms with Crippen molar-refractivity contribution >= 4 is 0 Å². The molecular formula is C15H22. The molecule has 0 spiro atoms. The summed E-state index contributed by atoms with van der Waals surface area (Å²) in [5.41, 5.74) is 5.98. The number of benzene rings is 1. The smallest absolute Gasteiger partial charge is 0.0241 e. The first-order valence-electron chi connectivity index (χ1n) is 5.89. The third-order valence-electron chi connectivity index (χ3n) is 3.08. The van der Waals surface area contributed by atoms with Crippen LogP contribution in [0.25, 0.3) is 0 Å². The molecule has 0 saturated carbocycles. The van der Waals surface area contributed by atoms with Crippen LogP contribution in [0.5, 0.6) is 0 Å². The van der Waals surface area contributed by atoms with Crippen LogP contribution in [-0.4, -0.2) is 0 Å². The van der Waals surface area contributed by atoms with Gasteiger partial charge < -0.3 is 0 Å². The van der Waals surface area contributed by atoms with Gasteiger partial charge in [-0.05, 0) is 55.4 Å². The molecule has 1 aromatic carbocycles. The van der Waals surface area contributed by atoms with E-state index in [1.54, 1.807) is 5.56 Å². The van der Waals surface area contributed by atoms with Crippen LogP contribution < -0.4 is 0 Å². The Morgan fingerprint density at radius 1 is 1.20 bits per heavy atom. The molecule has 0 heterocycles. The molecule has 0 aliphatic rings. The lowest BCUT2D eigenvalue weighted by Crippen LogP contribution is -1.99. The quantitative estimate of drug-likeness (QED) is 0.622. The van der Waals surface area contributed by atoms with Crippen LogP contribution in [0.15, 0.2) is 24.8 Å². The second kappa shape index (κ2) is 5.75. The first-order valence-corrected chi connectivity index (χ1v) is 5.89. The Hall–Kier alpha value is -1.04. The van der Waals surface area contributed by atoms with Gasteiger partial charge in [-0.25, -0.2) is 0 Å². The van der Waals surface area contributed by atoms with Crippen molar-refractivity contribution in [2.45, 2.75) is 46.5 Å². The lowest BCUT2D eigenvalue weighted by molar-refractivity contribution is 0.872. The third kappa shape index (κ3) is 2.95. The normalized spacial score (nSPS) is 10.3. The molecule has 0 bridgehead atoms. The van der Waals surface area contributed by atoms with E-state index in [-0.39, 0.29) is 0 Å². The molecule has 0 N–H and O–H groups in total. The van der Waals surface area contributed by atoms with E-state index in [4.69, 9.17) is 0 Å². The van der Waals surface area contributed by atoms with E-state index in [1.807, 2.05) is 6.08 Å². The van der Waals surface area contributed by atoms with Gasteiger partial charge in [-0.15, -0.1) is 6.58 Å². The summed E-state index contributed by atoms with van der Waals surface area (Å²) in [6.07, 6.45) is 6.66. The number of rotatable bonds is 5. The molecular weight excluding hydrogens is 180 g/mol. The van der Waals surface area contributed by atoms with Crippen molar-refractivity contribution in [3.8, 4) is 0 Å². The van der Waals surface area contributed by atoms with Gasteiger partial charge >= 0.3 is 0 Å². The zero-order chi connectivity index (χ0) is 11.3. The van der Waals surface area contributed by atoms with Gasteiger partial charge in [0.1, 0.15) is 0 Å². The third-order valence-corrected chi connectivity index (χ3v) is 3.08. The molecule has 0 amide bonds. The molecule has 0 atom stereocenters. The van der Waals surface area contributed by atoms with Gasteiger partial charge in [0.05, 0.1) is 0 Å². The Labute approximate surface area is 94.0 Å². The van der Waals surface area contributed by atoms with Crippen LogP contribution in [0, 0.1) is 13.8 Å². The van der Waals surface area contributed by atoms with Gasteiger partial charge in [0, 0.05) is 0 Å². The maximum absolute atomic E-state index is 3.79. The Balaban J connectivity index is 3.02. The van der Waals surface area contributed by atoms with Crippen molar-refractivity contribution in [2.24, 2.45) is 0 Å². The van der Waals surface area contributed by atoms with Crippen molar-refractivity contribution in [3.63, 3.8) is 0 Å². The van der Waals surface area contributed by atoms with Crippen molar-refractivity contribution < 1.29 is 0 Å². The summed E-state index contributed by atoms with van der Waals surface area (Å²) in [4.78, 5) is 0. The molecule has 0 aromatic heterocycles. The minimum absolute atomic E-state index is 1.08. The summed E-state index contributed by atoms with van der Waals surface area (Å²) in [7, 11) is 0. The Kier molecular flexibility index (Phi) is 4.61. The molecule has 82 valence electrons. The van der Waals surface area contributed by atoms with Crippen molar-refractivity contribution in [1.29, 1.82) is 0 Å². The lowest BCUT2D eigenvalue weighted by Gasteiger charge is -2.13. The van der Waals surface area contributed by atoms with Gasteiger partial charge in [-0.3, -0.25) is 0 Å². The molecule has 0 heteroatoms. The second-order valence-electron chi connectivity index (χ2n) is 4.22. The van der Waals surface area contributed by atoms with Crippen LogP contribution >= 0.6 is 0 Å². The number of allylic oxidation sites excluding steroid dienone is 1. The summed E-state index contributed by atoms with van der Waals surface area (Å²) in [6, 6.07) is 4.53. The van der Waals surface area contributed by atoms with Gasteiger partial charge in [0.15, 0.2) is 0 Å². The molecule has 0 saturated heterocycles. The molecule has 1 rings (SSSR count). The predicted molar refractivity (Wildman–Crippen MR) is 68.4 cm³/mol. The molecule has 0 fully saturated rings. The first-order chi connectivity index (χ1) is 7.20. The first kappa shape index (κ1) is 12.0. The minimum Gasteiger partial charge on any atom is -0.103 e. The summed E-state index contributed by atoms with van der Waals surface area (Å²) < 4.78 is 0. The number of aryl methyl sites for hydroxylation is 2. The molecule has 0 unspecified atom stereocenters. The van der Waals surface area contributed by atoms with Crippen molar-refractivity contribution in [3.05, 3.63) is 47.0 Å². The van der Waals surface area contributed by atoms with E-state index in [1.165, 1.54) is 29.5 Å². The van der Waals surface area contributed by atoms with Crippen LogP contribution in [0.1, 0.15) is 42.0 Å². The molecule has 0 aliphatic heterocycles. The largest absolute Gasteiger partial charge is 0.103 e. The van der Waals surface area contributed by atoms with Crippen LogP contribution in [0.4, 0.5) is 0 Å². The highest BCUT2D eigenvalue weighted by atomic mass is 14.1. The Morgan fingerprint density at radius 3 is 2.53 bits per heavy atom. The van der Waals surface area contributed by atoms with Gasteiger partial charge in [0.25, 0.3) is 0 Å². The van der Waals surface area contributed by atoms with Crippen LogP contribution in [-0.2, 0) is 12.8 Å². The zero-order valence-electron chi connectivity index (χ0n) is 10.3. The summed E-state index contributed by atoms with van der Waals surface area (Å²) in [5.74, 6) is 0. The van der Waals surface area contributed by atoms with E-state index in [9.17, 15) is 0 Å².